The summed E-state index contributed by atoms with van der Waals surface area (Å²) in [5, 5.41) is 3.17. The van der Waals surface area contributed by atoms with Crippen LogP contribution in [0.5, 0.6) is 0 Å². The molecule has 1 heterocycles. The smallest absolute Gasteiger partial charge is 0.413 e. The van der Waals surface area contributed by atoms with Gasteiger partial charge in [-0.2, -0.15) is 4.98 Å². The molecule has 8 heteroatoms. The van der Waals surface area contributed by atoms with E-state index in [2.05, 4.69) is 10.3 Å². The summed E-state index contributed by atoms with van der Waals surface area (Å²) < 4.78 is 16.0. The van der Waals surface area contributed by atoms with Crippen LogP contribution in [0.1, 0.15) is 37.0 Å². The van der Waals surface area contributed by atoms with Crippen LogP contribution in [0, 0.1) is 0 Å². The highest BCUT2D eigenvalue weighted by Crippen LogP contribution is 2.49. The van der Waals surface area contributed by atoms with Crippen LogP contribution in [0.3, 0.4) is 0 Å². The maximum atomic E-state index is 12.5. The van der Waals surface area contributed by atoms with E-state index < -0.39 is 17.6 Å². The number of benzene rings is 3. The van der Waals surface area contributed by atoms with Crippen LogP contribution < -0.4 is 5.32 Å². The van der Waals surface area contributed by atoms with Crippen molar-refractivity contribution in [3.8, 4) is 22.5 Å². The highest BCUT2D eigenvalue weighted by molar-refractivity contribution is 6.31. The van der Waals surface area contributed by atoms with Gasteiger partial charge in [0.1, 0.15) is 6.10 Å². The zero-order valence-electron chi connectivity index (χ0n) is 20.4. The Morgan fingerprint density at radius 1 is 0.973 bits per heavy atom. The number of amides is 1. The largest absolute Gasteiger partial charge is 0.468 e. The Morgan fingerprint density at radius 2 is 1.59 bits per heavy atom. The molecule has 0 spiro atoms. The predicted molar refractivity (Wildman–Crippen MR) is 140 cm³/mol. The Labute approximate surface area is 219 Å². The average Bonchev–Trinajstić information content (AvgIpc) is 3.61. The number of rotatable bonds is 7. The van der Waals surface area contributed by atoms with Gasteiger partial charge in [0, 0.05) is 16.1 Å². The lowest BCUT2D eigenvalue weighted by Gasteiger charge is -2.15. The molecule has 1 fully saturated rings. The lowest BCUT2D eigenvalue weighted by atomic mass is 9.93. The second kappa shape index (κ2) is 10.1. The predicted octanol–water partition coefficient (Wildman–Crippen LogP) is 7.18. The van der Waals surface area contributed by atoms with Crippen molar-refractivity contribution in [3.63, 3.8) is 0 Å². The van der Waals surface area contributed by atoms with Crippen LogP contribution in [0.25, 0.3) is 22.5 Å². The van der Waals surface area contributed by atoms with Gasteiger partial charge in [0.2, 0.25) is 0 Å². The maximum Gasteiger partial charge on any atom is 0.413 e. The molecule has 1 atom stereocenters. The fourth-order valence-electron chi connectivity index (χ4n) is 4.42. The summed E-state index contributed by atoms with van der Waals surface area (Å²) in [6, 6.07) is 22.9. The minimum atomic E-state index is -0.667. The molecule has 4 aromatic rings. The molecular weight excluding hydrogens is 492 g/mol. The van der Waals surface area contributed by atoms with E-state index in [0.717, 1.165) is 35.1 Å². The molecule has 7 nitrogen and oxygen atoms in total. The number of hydrogen-bond donors (Lipinski definition) is 1. The van der Waals surface area contributed by atoms with Gasteiger partial charge < -0.3 is 13.9 Å². The first-order valence-electron chi connectivity index (χ1n) is 11.9. The van der Waals surface area contributed by atoms with Crippen molar-refractivity contribution < 1.29 is 23.5 Å². The van der Waals surface area contributed by atoms with Gasteiger partial charge in [0.05, 0.1) is 12.5 Å². The number of nitrogens with one attached hydrogen (secondary N) is 1. The van der Waals surface area contributed by atoms with Crippen molar-refractivity contribution in [2.75, 3.05) is 12.4 Å². The number of anilines is 1. The number of carbonyl (C=O) groups is 2. The second-order valence-corrected chi connectivity index (χ2v) is 9.36. The Kier molecular flexibility index (Phi) is 6.72. The van der Waals surface area contributed by atoms with Gasteiger partial charge in [0.15, 0.2) is 18.0 Å². The molecular formula is C29H25ClN2O5. The topological polar surface area (TPSA) is 90.7 Å². The summed E-state index contributed by atoms with van der Waals surface area (Å²) in [5.74, 6) is 0.493. The number of methoxy groups -OCH3 is 1. The monoisotopic (exact) mass is 516 g/mol. The number of nitrogens with zero attached hydrogens (tertiary/aromatic N) is 1. The van der Waals surface area contributed by atoms with Gasteiger partial charge in [-0.3, -0.25) is 10.1 Å². The van der Waals surface area contributed by atoms with Gasteiger partial charge in [-0.15, -0.1) is 0 Å². The highest BCUT2D eigenvalue weighted by atomic mass is 35.5. The number of halogens is 1. The van der Waals surface area contributed by atoms with E-state index in [1.54, 1.807) is 19.1 Å². The number of ether oxygens (including phenoxy) is 2. The molecule has 1 amide bonds. The third-order valence-electron chi connectivity index (χ3n) is 6.66. The van der Waals surface area contributed by atoms with E-state index in [0.29, 0.717) is 16.3 Å². The van der Waals surface area contributed by atoms with Crippen LogP contribution in [-0.2, 0) is 19.7 Å². The molecule has 3 aromatic carbocycles. The molecule has 0 saturated heterocycles. The summed E-state index contributed by atoms with van der Waals surface area (Å²) in [6.45, 7) is 1.75. The fourth-order valence-corrected chi connectivity index (χ4v) is 4.71. The van der Waals surface area contributed by atoms with Crippen LogP contribution in [-0.4, -0.2) is 24.2 Å². The SMILES string of the molecule is COC(=O)C1(c2ccc(-c3ccc(-c4ocnc4NC(=O)O[C@H](C)c4ccccc4Cl)cc3)cc2)CC1. The fraction of sp³-hybridized carbons (Fsp3) is 0.207. The first kappa shape index (κ1) is 24.6. The van der Waals surface area contributed by atoms with Crippen molar-refractivity contribution in [2.45, 2.75) is 31.3 Å². The summed E-state index contributed by atoms with van der Waals surface area (Å²) >= 11 is 6.20. The van der Waals surface area contributed by atoms with Crippen molar-refractivity contribution in [3.05, 3.63) is 95.3 Å². The molecule has 1 N–H and O–H groups in total. The third-order valence-corrected chi connectivity index (χ3v) is 7.00. The zero-order chi connectivity index (χ0) is 26.0. The molecule has 5 rings (SSSR count). The summed E-state index contributed by atoms with van der Waals surface area (Å²) in [7, 11) is 1.43. The zero-order valence-corrected chi connectivity index (χ0v) is 21.1. The minimum Gasteiger partial charge on any atom is -0.468 e. The molecule has 1 aromatic heterocycles. The van der Waals surface area contributed by atoms with E-state index in [9.17, 15) is 9.59 Å². The van der Waals surface area contributed by atoms with E-state index in [1.165, 1.54) is 13.5 Å². The molecule has 1 aliphatic carbocycles. The van der Waals surface area contributed by atoms with Crippen molar-refractivity contribution in [2.24, 2.45) is 0 Å². The quantitative estimate of drug-likeness (QED) is 0.262. The normalized spacial score (nSPS) is 14.5. The van der Waals surface area contributed by atoms with Crippen LogP contribution >= 0.6 is 11.6 Å². The summed E-state index contributed by atoms with van der Waals surface area (Å²) in [5.41, 5.74) is 3.96. The highest BCUT2D eigenvalue weighted by Gasteiger charge is 2.52. The molecule has 37 heavy (non-hydrogen) atoms. The molecule has 188 valence electrons. The lowest BCUT2D eigenvalue weighted by molar-refractivity contribution is -0.143. The van der Waals surface area contributed by atoms with Gasteiger partial charge in [-0.05, 0) is 42.5 Å². The van der Waals surface area contributed by atoms with Crippen LogP contribution in [0.15, 0.2) is 83.6 Å². The number of hydrogen-bond acceptors (Lipinski definition) is 6. The van der Waals surface area contributed by atoms with Gasteiger partial charge in [-0.25, -0.2) is 4.79 Å². The van der Waals surface area contributed by atoms with Gasteiger partial charge >= 0.3 is 12.1 Å². The van der Waals surface area contributed by atoms with E-state index >= 15 is 0 Å². The lowest BCUT2D eigenvalue weighted by Crippen LogP contribution is -2.21. The first-order chi connectivity index (χ1) is 17.9. The first-order valence-corrected chi connectivity index (χ1v) is 12.2. The molecule has 0 radical (unpaired) electrons. The molecule has 0 unspecified atom stereocenters. The third kappa shape index (κ3) is 4.95. The van der Waals surface area contributed by atoms with Crippen molar-refractivity contribution in [1.29, 1.82) is 0 Å². The van der Waals surface area contributed by atoms with Crippen molar-refractivity contribution in [1.82, 2.24) is 4.98 Å². The molecule has 1 aliphatic rings. The molecule has 0 aliphatic heterocycles. The number of aromatic nitrogens is 1. The second-order valence-electron chi connectivity index (χ2n) is 8.95. The van der Waals surface area contributed by atoms with Gasteiger partial charge in [-0.1, -0.05) is 78.3 Å². The maximum absolute atomic E-state index is 12.5. The Morgan fingerprint density at radius 3 is 2.22 bits per heavy atom. The standard InChI is InChI=1S/C29H25ClN2O5/c1-18(23-5-3-4-6-24(23)30)37-28(34)32-26-25(36-17-31-26)21-9-7-19(8-10-21)20-11-13-22(14-12-20)29(15-16-29)27(33)35-2/h3-14,17-18H,15-16H2,1-2H3,(H,32,34)/t18-/m1/s1. The molecule has 0 bridgehead atoms. The molecule has 1 saturated carbocycles. The van der Waals surface area contributed by atoms with E-state index in [1.807, 2.05) is 60.7 Å². The Balaban J connectivity index is 1.27. The average molecular weight is 517 g/mol. The number of carbonyl (C=O) groups excluding carboxylic acids is 2. The van der Waals surface area contributed by atoms with E-state index in [-0.39, 0.29) is 11.8 Å². The number of oxazole rings is 1. The van der Waals surface area contributed by atoms with Crippen LogP contribution in [0.4, 0.5) is 10.6 Å². The Hall–Kier alpha value is -4.10. The van der Waals surface area contributed by atoms with Crippen molar-refractivity contribution >= 4 is 29.5 Å². The minimum absolute atomic E-state index is 0.178. The van der Waals surface area contributed by atoms with Crippen LogP contribution in [0.2, 0.25) is 5.02 Å². The summed E-state index contributed by atoms with van der Waals surface area (Å²) in [6.07, 6.45) is 1.68. The summed E-state index contributed by atoms with van der Waals surface area (Å²) in [4.78, 5) is 28.8. The number of esters is 1. The van der Waals surface area contributed by atoms with E-state index in [4.69, 9.17) is 25.5 Å². The van der Waals surface area contributed by atoms with Gasteiger partial charge in [0.25, 0.3) is 0 Å². The Bertz CT molecular complexity index is 1430.